The lowest BCUT2D eigenvalue weighted by Gasteiger charge is -2.28. The molecule has 0 aromatic carbocycles. The summed E-state index contributed by atoms with van der Waals surface area (Å²) in [6.45, 7) is 7.46. The second-order valence-electron chi connectivity index (χ2n) is 6.28. The van der Waals surface area contributed by atoms with Crippen molar-refractivity contribution in [2.45, 2.75) is 33.2 Å². The number of hydrogen-bond acceptors (Lipinski definition) is 3. The molecule has 6 heteroatoms. The van der Waals surface area contributed by atoms with Crippen molar-refractivity contribution >= 4 is 22.9 Å². The molecule has 1 aliphatic heterocycles. The molecule has 0 saturated heterocycles. The minimum Gasteiger partial charge on any atom is -0.331 e. The topological polar surface area (TPSA) is 50.2 Å². The molecular weight excluding hydrogens is 320 g/mol. The standard InChI is InChI=1S/C18H24N4OS/c1-12(17-13(2)20-21(4)14(17)3)19-18(23)22-9-7-15(8-10-22)16-6-5-11-24-16/h5-7,11-12H,8-10H2,1-4H3,(H,19,23)/t12-/m0/s1. The normalized spacial score (nSPS) is 16.0. The third-order valence-corrected chi connectivity index (χ3v) is 5.62. The van der Waals surface area contributed by atoms with Gasteiger partial charge in [-0.15, -0.1) is 11.3 Å². The number of aryl methyl sites for hydroxylation is 2. The minimum absolute atomic E-state index is 0.00775. The number of aromatic nitrogens is 2. The number of hydrogen-bond donors (Lipinski definition) is 1. The maximum absolute atomic E-state index is 12.6. The van der Waals surface area contributed by atoms with Gasteiger partial charge in [0.15, 0.2) is 0 Å². The van der Waals surface area contributed by atoms with Crippen LogP contribution in [0.2, 0.25) is 0 Å². The molecule has 24 heavy (non-hydrogen) atoms. The zero-order valence-corrected chi connectivity index (χ0v) is 15.5. The zero-order chi connectivity index (χ0) is 17.3. The molecule has 0 radical (unpaired) electrons. The summed E-state index contributed by atoms with van der Waals surface area (Å²) in [7, 11) is 1.93. The van der Waals surface area contributed by atoms with Gasteiger partial charge in [-0.05, 0) is 44.2 Å². The van der Waals surface area contributed by atoms with Crippen molar-refractivity contribution in [3.05, 3.63) is 45.4 Å². The van der Waals surface area contributed by atoms with Crippen LogP contribution < -0.4 is 5.32 Å². The first-order valence-electron chi connectivity index (χ1n) is 8.25. The van der Waals surface area contributed by atoms with E-state index >= 15 is 0 Å². The molecule has 128 valence electrons. The molecule has 0 fully saturated rings. The summed E-state index contributed by atoms with van der Waals surface area (Å²) in [6.07, 6.45) is 3.08. The number of nitrogens with zero attached hydrogens (tertiary/aromatic N) is 3. The van der Waals surface area contributed by atoms with E-state index in [1.807, 2.05) is 37.4 Å². The van der Waals surface area contributed by atoms with Gasteiger partial charge in [0.05, 0.1) is 11.7 Å². The lowest BCUT2D eigenvalue weighted by atomic mass is 10.1. The van der Waals surface area contributed by atoms with Crippen molar-refractivity contribution in [2.24, 2.45) is 7.05 Å². The summed E-state index contributed by atoms with van der Waals surface area (Å²) in [5.74, 6) is 0. The quantitative estimate of drug-likeness (QED) is 0.924. The summed E-state index contributed by atoms with van der Waals surface area (Å²) < 4.78 is 1.87. The van der Waals surface area contributed by atoms with E-state index in [-0.39, 0.29) is 12.1 Å². The Hall–Kier alpha value is -2.08. The van der Waals surface area contributed by atoms with E-state index in [2.05, 4.69) is 34.0 Å². The number of urea groups is 1. The smallest absolute Gasteiger partial charge is 0.318 e. The number of rotatable bonds is 3. The molecule has 0 unspecified atom stereocenters. The second kappa shape index (κ2) is 6.81. The third kappa shape index (κ3) is 3.24. The van der Waals surface area contributed by atoms with Gasteiger partial charge in [0, 0.05) is 36.3 Å². The highest BCUT2D eigenvalue weighted by molar-refractivity contribution is 7.11. The zero-order valence-electron chi connectivity index (χ0n) is 14.7. The molecule has 0 bridgehead atoms. The van der Waals surface area contributed by atoms with Crippen LogP contribution in [0.25, 0.3) is 5.57 Å². The Morgan fingerprint density at radius 2 is 2.21 bits per heavy atom. The van der Waals surface area contributed by atoms with Gasteiger partial charge in [-0.1, -0.05) is 12.1 Å². The monoisotopic (exact) mass is 344 g/mol. The molecule has 2 aromatic heterocycles. The number of thiophene rings is 1. The number of carbonyl (C=O) groups is 1. The van der Waals surface area contributed by atoms with Crippen molar-refractivity contribution in [1.29, 1.82) is 0 Å². The molecule has 1 atom stereocenters. The van der Waals surface area contributed by atoms with E-state index < -0.39 is 0 Å². The number of amides is 2. The maximum atomic E-state index is 12.6. The van der Waals surface area contributed by atoms with Crippen LogP contribution in [0.1, 0.15) is 41.2 Å². The first-order chi connectivity index (χ1) is 11.5. The largest absolute Gasteiger partial charge is 0.331 e. The SMILES string of the molecule is Cc1nn(C)c(C)c1[C@H](C)NC(=O)N1CC=C(c2cccs2)CC1. The van der Waals surface area contributed by atoms with Gasteiger partial charge in [-0.3, -0.25) is 4.68 Å². The van der Waals surface area contributed by atoms with Gasteiger partial charge in [-0.2, -0.15) is 5.10 Å². The summed E-state index contributed by atoms with van der Waals surface area (Å²) in [6, 6.07) is 4.16. The Morgan fingerprint density at radius 3 is 2.75 bits per heavy atom. The van der Waals surface area contributed by atoms with E-state index in [4.69, 9.17) is 0 Å². The van der Waals surface area contributed by atoms with Crippen LogP contribution in [0.15, 0.2) is 23.6 Å². The lowest BCUT2D eigenvalue weighted by Crippen LogP contribution is -2.43. The maximum Gasteiger partial charge on any atom is 0.318 e. The lowest BCUT2D eigenvalue weighted by molar-refractivity contribution is 0.199. The van der Waals surface area contributed by atoms with Crippen LogP contribution in [0.4, 0.5) is 4.79 Å². The van der Waals surface area contributed by atoms with E-state index in [0.717, 1.165) is 29.9 Å². The van der Waals surface area contributed by atoms with Crippen molar-refractivity contribution in [3.8, 4) is 0 Å². The third-order valence-electron chi connectivity index (χ3n) is 4.67. The molecule has 3 rings (SSSR count). The molecular formula is C18H24N4OS. The average Bonchev–Trinajstić information content (AvgIpc) is 3.16. The Balaban J connectivity index is 1.64. The highest BCUT2D eigenvalue weighted by Gasteiger charge is 2.22. The fraction of sp³-hybridized carbons (Fsp3) is 0.444. The van der Waals surface area contributed by atoms with Crippen LogP contribution >= 0.6 is 11.3 Å². The van der Waals surface area contributed by atoms with Gasteiger partial charge in [-0.25, -0.2) is 4.79 Å². The molecule has 2 aromatic rings. The molecule has 0 spiro atoms. The molecule has 3 heterocycles. The van der Waals surface area contributed by atoms with Crippen LogP contribution in [-0.4, -0.2) is 33.8 Å². The van der Waals surface area contributed by atoms with E-state index in [1.54, 1.807) is 11.3 Å². The summed E-state index contributed by atoms with van der Waals surface area (Å²) >= 11 is 1.76. The highest BCUT2D eigenvalue weighted by atomic mass is 32.1. The van der Waals surface area contributed by atoms with Crippen LogP contribution in [0.5, 0.6) is 0 Å². The van der Waals surface area contributed by atoms with Gasteiger partial charge < -0.3 is 10.2 Å². The fourth-order valence-corrected chi connectivity index (χ4v) is 4.10. The molecule has 0 aliphatic carbocycles. The number of nitrogens with one attached hydrogen (secondary N) is 1. The van der Waals surface area contributed by atoms with Gasteiger partial charge in [0.25, 0.3) is 0 Å². The predicted octanol–water partition coefficient (Wildman–Crippen LogP) is 3.66. The van der Waals surface area contributed by atoms with Crippen LogP contribution in [-0.2, 0) is 7.05 Å². The second-order valence-corrected chi connectivity index (χ2v) is 7.23. The first kappa shape index (κ1) is 16.8. The molecule has 1 aliphatic rings. The first-order valence-corrected chi connectivity index (χ1v) is 9.13. The van der Waals surface area contributed by atoms with E-state index in [9.17, 15) is 4.79 Å². The van der Waals surface area contributed by atoms with Crippen molar-refractivity contribution in [2.75, 3.05) is 13.1 Å². The Labute approximate surface area is 147 Å². The number of carbonyl (C=O) groups excluding carboxylic acids is 1. The Bertz CT molecular complexity index is 760. The highest BCUT2D eigenvalue weighted by Crippen LogP contribution is 2.26. The fourth-order valence-electron chi connectivity index (χ4n) is 3.30. The van der Waals surface area contributed by atoms with Crippen molar-refractivity contribution in [1.82, 2.24) is 20.0 Å². The average molecular weight is 344 g/mol. The van der Waals surface area contributed by atoms with Crippen molar-refractivity contribution < 1.29 is 4.79 Å². The van der Waals surface area contributed by atoms with Crippen LogP contribution in [0, 0.1) is 13.8 Å². The molecule has 5 nitrogen and oxygen atoms in total. The van der Waals surface area contributed by atoms with Gasteiger partial charge in [0.2, 0.25) is 0 Å². The summed E-state index contributed by atoms with van der Waals surface area (Å²) in [5, 5.41) is 9.64. The minimum atomic E-state index is -0.0473. The summed E-state index contributed by atoms with van der Waals surface area (Å²) in [5.41, 5.74) is 4.53. The van der Waals surface area contributed by atoms with Crippen LogP contribution in [0.3, 0.4) is 0 Å². The van der Waals surface area contributed by atoms with Gasteiger partial charge >= 0.3 is 6.03 Å². The predicted molar refractivity (Wildman–Crippen MR) is 98.1 cm³/mol. The van der Waals surface area contributed by atoms with Gasteiger partial charge in [0.1, 0.15) is 0 Å². The Morgan fingerprint density at radius 1 is 1.42 bits per heavy atom. The van der Waals surface area contributed by atoms with E-state index in [0.29, 0.717) is 6.54 Å². The summed E-state index contributed by atoms with van der Waals surface area (Å²) in [4.78, 5) is 15.7. The Kier molecular flexibility index (Phi) is 4.76. The molecule has 2 amide bonds. The van der Waals surface area contributed by atoms with E-state index in [1.165, 1.54) is 10.5 Å². The molecule has 1 N–H and O–H groups in total. The van der Waals surface area contributed by atoms with Crippen molar-refractivity contribution in [3.63, 3.8) is 0 Å². The molecule has 0 saturated carbocycles.